The number of para-hydroxylation sites is 1. The molecule has 0 fully saturated rings. The van der Waals surface area contributed by atoms with Crippen molar-refractivity contribution in [2.24, 2.45) is 5.73 Å². The van der Waals surface area contributed by atoms with E-state index in [2.05, 4.69) is 0 Å². The predicted octanol–water partition coefficient (Wildman–Crippen LogP) is 0.729. The summed E-state index contributed by atoms with van der Waals surface area (Å²) in [4.78, 5) is 1.69. The molecule has 0 heterocycles. The van der Waals surface area contributed by atoms with Gasteiger partial charge in [-0.3, -0.25) is 0 Å². The highest BCUT2D eigenvalue weighted by atomic mass is 32.1. The lowest BCUT2D eigenvalue weighted by Crippen LogP contribution is -2.37. The minimum absolute atomic E-state index is 0.0340. The van der Waals surface area contributed by atoms with Crippen LogP contribution in [0.2, 0.25) is 0 Å². The van der Waals surface area contributed by atoms with Gasteiger partial charge in [0.05, 0.1) is 6.61 Å². The Balaban J connectivity index is 2.82. The van der Waals surface area contributed by atoms with E-state index >= 15 is 0 Å². The lowest BCUT2D eigenvalue weighted by atomic mass is 10.3. The van der Waals surface area contributed by atoms with Crippen molar-refractivity contribution >= 4 is 23.0 Å². The number of hydrogen-bond donors (Lipinski definition) is 2. The molecule has 13 heavy (non-hydrogen) atoms. The SMILES string of the molecule is NC(=S)N(CCO)c1ccccc1. The molecule has 4 heteroatoms. The molecule has 0 bridgehead atoms. The zero-order chi connectivity index (χ0) is 9.68. The summed E-state index contributed by atoms with van der Waals surface area (Å²) in [6, 6.07) is 9.51. The van der Waals surface area contributed by atoms with Crippen molar-refractivity contribution in [3.63, 3.8) is 0 Å². The first kappa shape index (κ1) is 9.95. The third-order valence-corrected chi connectivity index (χ3v) is 1.88. The summed E-state index contributed by atoms with van der Waals surface area (Å²) in [6.45, 7) is 0.464. The number of aliphatic hydroxyl groups excluding tert-OH is 1. The summed E-state index contributed by atoms with van der Waals surface area (Å²) >= 11 is 4.86. The van der Waals surface area contributed by atoms with E-state index in [1.807, 2.05) is 30.3 Å². The number of thiocarbonyl (C=S) groups is 1. The number of aliphatic hydroxyl groups is 1. The van der Waals surface area contributed by atoms with Gasteiger partial charge < -0.3 is 15.7 Å². The number of anilines is 1. The Bertz CT molecular complexity index is 276. The molecular weight excluding hydrogens is 184 g/mol. The van der Waals surface area contributed by atoms with Crippen LogP contribution in [0.15, 0.2) is 30.3 Å². The monoisotopic (exact) mass is 196 g/mol. The molecule has 0 aromatic heterocycles. The molecule has 0 amide bonds. The highest BCUT2D eigenvalue weighted by molar-refractivity contribution is 7.80. The smallest absolute Gasteiger partial charge is 0.170 e. The molecule has 0 saturated carbocycles. The molecule has 0 aliphatic rings. The van der Waals surface area contributed by atoms with Crippen LogP contribution < -0.4 is 10.6 Å². The summed E-state index contributed by atoms with van der Waals surface area (Å²) in [7, 11) is 0. The van der Waals surface area contributed by atoms with E-state index in [0.717, 1.165) is 5.69 Å². The number of benzene rings is 1. The summed E-state index contributed by atoms with van der Waals surface area (Å²) in [5.74, 6) is 0. The maximum Gasteiger partial charge on any atom is 0.170 e. The molecule has 0 unspecified atom stereocenters. The first-order valence-corrected chi connectivity index (χ1v) is 4.39. The molecule has 3 N–H and O–H groups in total. The third-order valence-electron chi connectivity index (χ3n) is 1.66. The van der Waals surface area contributed by atoms with Crippen LogP contribution >= 0.6 is 12.2 Å². The second kappa shape index (κ2) is 4.79. The fraction of sp³-hybridized carbons (Fsp3) is 0.222. The van der Waals surface area contributed by atoms with Gasteiger partial charge in [0.25, 0.3) is 0 Å². The van der Waals surface area contributed by atoms with Crippen LogP contribution in [0.5, 0.6) is 0 Å². The first-order valence-electron chi connectivity index (χ1n) is 3.98. The van der Waals surface area contributed by atoms with E-state index in [-0.39, 0.29) is 11.7 Å². The van der Waals surface area contributed by atoms with Crippen molar-refractivity contribution in [2.45, 2.75) is 0 Å². The van der Waals surface area contributed by atoms with E-state index in [1.165, 1.54) is 0 Å². The Morgan fingerprint density at radius 1 is 1.38 bits per heavy atom. The average Bonchev–Trinajstić information content (AvgIpc) is 2.15. The van der Waals surface area contributed by atoms with Gasteiger partial charge in [0, 0.05) is 12.2 Å². The Labute approximate surface area is 82.8 Å². The van der Waals surface area contributed by atoms with Crippen LogP contribution in [-0.4, -0.2) is 23.4 Å². The zero-order valence-electron chi connectivity index (χ0n) is 7.18. The maximum atomic E-state index is 8.79. The van der Waals surface area contributed by atoms with Crippen molar-refractivity contribution < 1.29 is 5.11 Å². The molecule has 0 aliphatic heterocycles. The van der Waals surface area contributed by atoms with Crippen LogP contribution in [0, 0.1) is 0 Å². The van der Waals surface area contributed by atoms with Gasteiger partial charge in [0.2, 0.25) is 0 Å². The summed E-state index contributed by atoms with van der Waals surface area (Å²) in [5.41, 5.74) is 6.41. The second-order valence-electron chi connectivity index (χ2n) is 2.55. The molecule has 0 atom stereocenters. The Hall–Kier alpha value is -1.13. The van der Waals surface area contributed by atoms with Gasteiger partial charge in [0.1, 0.15) is 0 Å². The molecule has 1 aromatic carbocycles. The molecule has 0 radical (unpaired) electrons. The number of nitrogens with zero attached hydrogens (tertiary/aromatic N) is 1. The standard InChI is InChI=1S/C9H12N2OS/c10-9(13)11(6-7-12)8-4-2-1-3-5-8/h1-5,12H,6-7H2,(H2,10,13). The van der Waals surface area contributed by atoms with Crippen molar-refractivity contribution in [2.75, 3.05) is 18.1 Å². The maximum absolute atomic E-state index is 8.79. The highest BCUT2D eigenvalue weighted by Crippen LogP contribution is 2.11. The fourth-order valence-electron chi connectivity index (χ4n) is 1.07. The fourth-order valence-corrected chi connectivity index (χ4v) is 1.27. The van der Waals surface area contributed by atoms with Gasteiger partial charge in [-0.05, 0) is 24.4 Å². The highest BCUT2D eigenvalue weighted by Gasteiger charge is 2.06. The average molecular weight is 196 g/mol. The van der Waals surface area contributed by atoms with Crippen molar-refractivity contribution in [3.05, 3.63) is 30.3 Å². The molecule has 0 spiro atoms. The van der Waals surface area contributed by atoms with Crippen LogP contribution in [0.25, 0.3) is 0 Å². The van der Waals surface area contributed by atoms with E-state index < -0.39 is 0 Å². The van der Waals surface area contributed by atoms with Gasteiger partial charge in [-0.2, -0.15) is 0 Å². The van der Waals surface area contributed by atoms with Crippen LogP contribution in [0.3, 0.4) is 0 Å². The van der Waals surface area contributed by atoms with Gasteiger partial charge in [0.15, 0.2) is 5.11 Å². The lowest BCUT2D eigenvalue weighted by Gasteiger charge is -2.21. The largest absolute Gasteiger partial charge is 0.395 e. The van der Waals surface area contributed by atoms with E-state index in [1.54, 1.807) is 4.90 Å². The molecule has 1 rings (SSSR count). The molecule has 0 saturated heterocycles. The Morgan fingerprint density at radius 2 is 2.00 bits per heavy atom. The number of rotatable bonds is 3. The van der Waals surface area contributed by atoms with Crippen molar-refractivity contribution in [1.82, 2.24) is 0 Å². The molecule has 70 valence electrons. The Morgan fingerprint density at radius 3 is 2.46 bits per heavy atom. The number of hydrogen-bond acceptors (Lipinski definition) is 2. The zero-order valence-corrected chi connectivity index (χ0v) is 8.00. The second-order valence-corrected chi connectivity index (χ2v) is 2.97. The van der Waals surface area contributed by atoms with Crippen molar-refractivity contribution in [1.29, 1.82) is 0 Å². The molecule has 1 aromatic rings. The van der Waals surface area contributed by atoms with Crippen LogP contribution in [0.1, 0.15) is 0 Å². The summed E-state index contributed by atoms with van der Waals surface area (Å²) in [5, 5.41) is 9.07. The van der Waals surface area contributed by atoms with E-state index in [9.17, 15) is 0 Å². The van der Waals surface area contributed by atoms with Gasteiger partial charge in [-0.1, -0.05) is 18.2 Å². The van der Waals surface area contributed by atoms with E-state index in [4.69, 9.17) is 23.1 Å². The van der Waals surface area contributed by atoms with Crippen LogP contribution in [0.4, 0.5) is 5.69 Å². The van der Waals surface area contributed by atoms with Crippen LogP contribution in [-0.2, 0) is 0 Å². The van der Waals surface area contributed by atoms with Gasteiger partial charge in [-0.25, -0.2) is 0 Å². The van der Waals surface area contributed by atoms with E-state index in [0.29, 0.717) is 6.54 Å². The van der Waals surface area contributed by atoms with Gasteiger partial charge >= 0.3 is 0 Å². The Kier molecular flexibility index (Phi) is 3.67. The third kappa shape index (κ3) is 2.68. The summed E-state index contributed by atoms with van der Waals surface area (Å²) in [6.07, 6.45) is 0. The molecular formula is C9H12N2OS. The van der Waals surface area contributed by atoms with Crippen molar-refractivity contribution in [3.8, 4) is 0 Å². The number of nitrogens with two attached hydrogens (primary N) is 1. The quantitative estimate of drug-likeness (QED) is 0.700. The molecule has 0 aliphatic carbocycles. The summed E-state index contributed by atoms with van der Waals surface area (Å²) < 4.78 is 0. The van der Waals surface area contributed by atoms with Gasteiger partial charge in [-0.15, -0.1) is 0 Å². The lowest BCUT2D eigenvalue weighted by molar-refractivity contribution is 0.306. The normalized spacial score (nSPS) is 9.62. The molecule has 3 nitrogen and oxygen atoms in total. The first-order chi connectivity index (χ1) is 6.25. The minimum Gasteiger partial charge on any atom is -0.395 e. The topological polar surface area (TPSA) is 49.5 Å². The minimum atomic E-state index is 0.0340. The predicted molar refractivity (Wildman–Crippen MR) is 57.7 cm³/mol.